The summed E-state index contributed by atoms with van der Waals surface area (Å²) in [6.45, 7) is 0. The molecule has 2 N–H and O–H groups in total. The van der Waals surface area contributed by atoms with E-state index in [4.69, 9.17) is 10.5 Å². The van der Waals surface area contributed by atoms with Crippen molar-refractivity contribution < 1.29 is 4.74 Å². The summed E-state index contributed by atoms with van der Waals surface area (Å²) >= 11 is 0. The second-order valence-electron chi connectivity index (χ2n) is 7.94. The summed E-state index contributed by atoms with van der Waals surface area (Å²) in [6, 6.07) is 8.77. The van der Waals surface area contributed by atoms with E-state index in [9.17, 15) is 0 Å². The summed E-state index contributed by atoms with van der Waals surface area (Å²) in [5.41, 5.74) is 8.53. The van der Waals surface area contributed by atoms with Gasteiger partial charge < -0.3 is 10.5 Å². The van der Waals surface area contributed by atoms with Crippen LogP contribution in [0, 0.1) is 23.2 Å². The number of ether oxygens (including phenoxy) is 1. The zero-order valence-corrected chi connectivity index (χ0v) is 13.1. The lowest BCUT2D eigenvalue weighted by Gasteiger charge is -2.59. The molecule has 4 saturated carbocycles. The molecule has 4 aliphatic rings. The van der Waals surface area contributed by atoms with E-state index in [0.29, 0.717) is 11.5 Å². The van der Waals surface area contributed by atoms with Gasteiger partial charge in [0.05, 0.1) is 7.11 Å². The Kier molecular flexibility index (Phi) is 3.25. The SMILES string of the molecule is COc1cccc(CC(N)C23CC4CC(CC(C4)C2)C3)c1. The molecule has 0 amide bonds. The predicted molar refractivity (Wildman–Crippen MR) is 85.3 cm³/mol. The lowest BCUT2D eigenvalue weighted by atomic mass is 9.47. The average Bonchev–Trinajstić information content (AvgIpc) is 2.46. The van der Waals surface area contributed by atoms with E-state index in [1.807, 2.05) is 6.07 Å². The minimum Gasteiger partial charge on any atom is -0.497 e. The molecule has 114 valence electrons. The van der Waals surface area contributed by atoms with E-state index >= 15 is 0 Å². The van der Waals surface area contributed by atoms with Crippen LogP contribution < -0.4 is 10.5 Å². The highest BCUT2D eigenvalue weighted by atomic mass is 16.5. The number of methoxy groups -OCH3 is 1. The zero-order valence-electron chi connectivity index (χ0n) is 13.1. The summed E-state index contributed by atoms with van der Waals surface area (Å²) in [4.78, 5) is 0. The van der Waals surface area contributed by atoms with E-state index in [1.165, 1.54) is 44.1 Å². The molecule has 0 aromatic heterocycles. The maximum absolute atomic E-state index is 6.76. The van der Waals surface area contributed by atoms with Gasteiger partial charge in [0.1, 0.15) is 5.75 Å². The molecule has 2 nitrogen and oxygen atoms in total. The molecule has 21 heavy (non-hydrogen) atoms. The highest BCUT2D eigenvalue weighted by molar-refractivity contribution is 5.29. The molecule has 2 heteroatoms. The fraction of sp³-hybridized carbons (Fsp3) is 0.684. The first-order chi connectivity index (χ1) is 10.2. The molecule has 4 aliphatic carbocycles. The number of rotatable bonds is 4. The number of hydrogen-bond acceptors (Lipinski definition) is 2. The highest BCUT2D eigenvalue weighted by Gasteiger charge is 2.53. The molecular formula is C19H27NO. The van der Waals surface area contributed by atoms with Crippen LogP contribution in [0.25, 0.3) is 0 Å². The first-order valence-electron chi connectivity index (χ1n) is 8.55. The molecule has 0 spiro atoms. The van der Waals surface area contributed by atoms with Crippen LogP contribution in [-0.2, 0) is 6.42 Å². The van der Waals surface area contributed by atoms with Crippen molar-refractivity contribution in [3.63, 3.8) is 0 Å². The second-order valence-corrected chi connectivity index (χ2v) is 7.94. The Hall–Kier alpha value is -1.02. The first-order valence-corrected chi connectivity index (χ1v) is 8.55. The Morgan fingerprint density at radius 3 is 2.33 bits per heavy atom. The van der Waals surface area contributed by atoms with Gasteiger partial charge >= 0.3 is 0 Å². The molecule has 5 rings (SSSR count). The summed E-state index contributed by atoms with van der Waals surface area (Å²) in [7, 11) is 1.73. The van der Waals surface area contributed by atoms with Crippen LogP contribution in [0.5, 0.6) is 5.75 Å². The van der Waals surface area contributed by atoms with Crippen molar-refractivity contribution in [3.05, 3.63) is 29.8 Å². The van der Waals surface area contributed by atoms with Gasteiger partial charge in [0.2, 0.25) is 0 Å². The predicted octanol–water partition coefficient (Wildman–Crippen LogP) is 3.78. The smallest absolute Gasteiger partial charge is 0.119 e. The van der Waals surface area contributed by atoms with Crippen molar-refractivity contribution in [3.8, 4) is 5.75 Å². The van der Waals surface area contributed by atoms with Gasteiger partial charge in [-0.1, -0.05) is 12.1 Å². The molecule has 0 saturated heterocycles. The van der Waals surface area contributed by atoms with E-state index in [2.05, 4.69) is 18.2 Å². The Morgan fingerprint density at radius 2 is 1.76 bits per heavy atom. The fourth-order valence-corrected chi connectivity index (χ4v) is 5.90. The Bertz CT molecular complexity index is 489. The van der Waals surface area contributed by atoms with Crippen molar-refractivity contribution in [2.75, 3.05) is 7.11 Å². The van der Waals surface area contributed by atoms with Gasteiger partial charge in [0, 0.05) is 6.04 Å². The van der Waals surface area contributed by atoms with Crippen LogP contribution in [0.4, 0.5) is 0 Å². The Balaban J connectivity index is 1.53. The van der Waals surface area contributed by atoms with Crippen LogP contribution >= 0.6 is 0 Å². The topological polar surface area (TPSA) is 35.2 Å². The average molecular weight is 285 g/mol. The normalized spacial score (nSPS) is 38.5. The fourth-order valence-electron chi connectivity index (χ4n) is 5.90. The van der Waals surface area contributed by atoms with Gasteiger partial charge in [0.25, 0.3) is 0 Å². The molecule has 1 unspecified atom stereocenters. The maximum atomic E-state index is 6.76. The van der Waals surface area contributed by atoms with Crippen LogP contribution in [0.3, 0.4) is 0 Å². The van der Waals surface area contributed by atoms with Gasteiger partial charge in [-0.15, -0.1) is 0 Å². The van der Waals surface area contributed by atoms with Gasteiger partial charge in [-0.3, -0.25) is 0 Å². The largest absolute Gasteiger partial charge is 0.497 e. The van der Waals surface area contributed by atoms with Gasteiger partial charge in [0.15, 0.2) is 0 Å². The van der Waals surface area contributed by atoms with Crippen LogP contribution in [0.15, 0.2) is 24.3 Å². The molecule has 0 radical (unpaired) electrons. The van der Waals surface area contributed by atoms with Crippen molar-refractivity contribution in [1.82, 2.24) is 0 Å². The summed E-state index contributed by atoms with van der Waals surface area (Å²) in [6.07, 6.45) is 9.66. The third kappa shape index (κ3) is 2.38. The van der Waals surface area contributed by atoms with Crippen molar-refractivity contribution >= 4 is 0 Å². The zero-order chi connectivity index (χ0) is 14.4. The van der Waals surface area contributed by atoms with Crippen LogP contribution in [0.1, 0.15) is 44.1 Å². The molecular weight excluding hydrogens is 258 g/mol. The molecule has 0 heterocycles. The van der Waals surface area contributed by atoms with E-state index in [-0.39, 0.29) is 0 Å². The van der Waals surface area contributed by atoms with Crippen molar-refractivity contribution in [2.45, 2.75) is 51.0 Å². The van der Waals surface area contributed by atoms with E-state index in [1.54, 1.807) is 7.11 Å². The molecule has 1 aromatic rings. The Morgan fingerprint density at radius 1 is 1.14 bits per heavy atom. The molecule has 0 aliphatic heterocycles. The Labute approximate surface area is 128 Å². The molecule has 1 atom stereocenters. The second kappa shape index (κ2) is 5.01. The standard InChI is InChI=1S/C19H27NO/c1-21-17-4-2-3-13(8-17)9-18(20)19-10-14-5-15(11-19)7-16(6-14)12-19/h2-4,8,14-16,18H,5-7,9-12,20H2,1H3. The van der Waals surface area contributed by atoms with Crippen LogP contribution in [-0.4, -0.2) is 13.2 Å². The highest BCUT2D eigenvalue weighted by Crippen LogP contribution is 2.61. The number of hydrogen-bond donors (Lipinski definition) is 1. The summed E-state index contributed by atoms with van der Waals surface area (Å²) < 4.78 is 5.34. The maximum Gasteiger partial charge on any atom is 0.119 e. The number of benzene rings is 1. The van der Waals surface area contributed by atoms with Gasteiger partial charge in [-0.05, 0) is 85.8 Å². The molecule has 4 fully saturated rings. The minimum absolute atomic E-state index is 0.318. The minimum atomic E-state index is 0.318. The number of nitrogens with two attached hydrogens (primary N) is 1. The van der Waals surface area contributed by atoms with Gasteiger partial charge in [-0.25, -0.2) is 0 Å². The quantitative estimate of drug-likeness (QED) is 0.913. The third-order valence-corrected chi connectivity index (χ3v) is 6.46. The summed E-state index contributed by atoms with van der Waals surface area (Å²) in [5, 5.41) is 0. The lowest BCUT2D eigenvalue weighted by Crippen LogP contribution is -2.55. The van der Waals surface area contributed by atoms with Crippen molar-refractivity contribution in [1.29, 1.82) is 0 Å². The lowest BCUT2D eigenvalue weighted by molar-refractivity contribution is -0.0667. The van der Waals surface area contributed by atoms with Crippen molar-refractivity contribution in [2.24, 2.45) is 28.9 Å². The van der Waals surface area contributed by atoms with E-state index < -0.39 is 0 Å². The third-order valence-electron chi connectivity index (χ3n) is 6.46. The van der Waals surface area contributed by atoms with E-state index in [0.717, 1.165) is 29.9 Å². The summed E-state index contributed by atoms with van der Waals surface area (Å²) in [5.74, 6) is 3.89. The monoisotopic (exact) mass is 285 g/mol. The van der Waals surface area contributed by atoms with Gasteiger partial charge in [-0.2, -0.15) is 0 Å². The molecule has 4 bridgehead atoms. The molecule has 1 aromatic carbocycles. The first kappa shape index (κ1) is 13.6. The van der Waals surface area contributed by atoms with Crippen LogP contribution in [0.2, 0.25) is 0 Å².